The van der Waals surface area contributed by atoms with Gasteiger partial charge in [0.2, 0.25) is 0 Å². The summed E-state index contributed by atoms with van der Waals surface area (Å²) in [4.78, 5) is 44.4. The number of halogens is 15. The van der Waals surface area contributed by atoms with E-state index in [2.05, 4.69) is 45.3 Å². The molecule has 448 valence electrons. The van der Waals surface area contributed by atoms with E-state index in [1.165, 1.54) is 0 Å². The maximum Gasteiger partial charge on any atom is 0.425 e. The summed E-state index contributed by atoms with van der Waals surface area (Å²) in [6.45, 7) is 18.6. The molecule has 16 nitrogen and oxygen atoms in total. The third-order valence-corrected chi connectivity index (χ3v) is 9.18. The molecular weight excluding hydrogens is 1080 g/mol. The predicted molar refractivity (Wildman–Crippen MR) is 237 cm³/mol. The first-order valence-electron chi connectivity index (χ1n) is 21.8. The number of alkyl halides is 15. The molecule has 0 rings (SSSR count). The minimum absolute atomic E-state index is 0.000786. The van der Waals surface area contributed by atoms with E-state index in [-0.39, 0.29) is 69.1 Å². The van der Waals surface area contributed by atoms with Crippen molar-refractivity contribution in [3.63, 3.8) is 0 Å². The fourth-order valence-corrected chi connectivity index (χ4v) is 3.65. The van der Waals surface area contributed by atoms with Crippen LogP contribution in [0.25, 0.3) is 0 Å². The Bertz CT molecular complexity index is 1820. The van der Waals surface area contributed by atoms with Crippen molar-refractivity contribution in [2.75, 3.05) is 66.6 Å². The molecule has 31 heteroatoms. The van der Waals surface area contributed by atoms with Crippen LogP contribution in [0.3, 0.4) is 0 Å². The molecule has 0 aromatic heterocycles. The molecule has 5 unspecified atom stereocenters. The van der Waals surface area contributed by atoms with E-state index < -0.39 is 128 Å². The molecule has 0 aliphatic carbocycles. The number of rotatable bonds is 27. The Labute approximate surface area is 428 Å². The van der Waals surface area contributed by atoms with E-state index in [1.807, 2.05) is 0 Å². The molecule has 0 radical (unpaired) electrons. The van der Waals surface area contributed by atoms with Crippen LogP contribution in [0.4, 0.5) is 65.9 Å². The zero-order chi connectivity index (χ0) is 61.1. The van der Waals surface area contributed by atoms with Gasteiger partial charge in [-0.25, -0.2) is 19.2 Å². The van der Waals surface area contributed by atoms with Gasteiger partial charge in [-0.3, -0.25) is 0 Å². The highest BCUT2D eigenvalue weighted by atomic mass is 19.4. The molecule has 0 aliphatic rings. The van der Waals surface area contributed by atoms with Crippen LogP contribution in [0.2, 0.25) is 0 Å². The molecule has 76 heavy (non-hydrogen) atoms. The van der Waals surface area contributed by atoms with Gasteiger partial charge in [0.05, 0.1) is 95.0 Å². The highest BCUT2D eigenvalue weighted by molar-refractivity contribution is 5.89. The lowest BCUT2D eigenvalue weighted by Gasteiger charge is -2.26. The number of hydrogen-bond donors (Lipinski definition) is 4. The molecule has 0 fully saturated rings. The van der Waals surface area contributed by atoms with Gasteiger partial charge < -0.3 is 58.3 Å². The fraction of sp³-hybridized carbons (Fsp3) is 0.733. The molecule has 4 N–H and O–H groups in total. The van der Waals surface area contributed by atoms with Crippen LogP contribution in [0.5, 0.6) is 0 Å². The van der Waals surface area contributed by atoms with Gasteiger partial charge in [0.15, 0.2) is 28.5 Å². The van der Waals surface area contributed by atoms with Crippen molar-refractivity contribution in [2.24, 2.45) is 0 Å². The van der Waals surface area contributed by atoms with Gasteiger partial charge in [-0.1, -0.05) is 26.3 Å². The van der Waals surface area contributed by atoms with Gasteiger partial charge in [0, 0.05) is 25.7 Å². The van der Waals surface area contributed by atoms with Crippen molar-refractivity contribution in [1.82, 2.24) is 0 Å². The highest BCUT2D eigenvalue weighted by Gasteiger charge is 2.52. The van der Waals surface area contributed by atoms with E-state index >= 15 is 0 Å². The standard InChI is InChI=1S/C12H16F6O4.C12H19F3O4.C11H17F3O4.C10H15F3O4/c1-7(9(19)22-8(2)11(13,14)15)6-21-5-4-10(3,20)12(16,17)18;1-8(2)19-10(16)9(3)7-18-6-5-11(4,17)12(13,14)15;1-4-18-9(15)8(2)7-17-6-5-10(3,16)11(12,13)14;1-7(8(14)16-3)6-17-5-4-9(2,15)10(11,12)13/h8,20H,1,4-6H2,2-3H3;8,17H,3,5-7H2,1-2,4H3;16H,2,4-7H2,1,3H3;15H,1,4-6H2,2-3H3. The van der Waals surface area contributed by atoms with Crippen molar-refractivity contribution >= 4 is 23.9 Å². The van der Waals surface area contributed by atoms with E-state index in [1.54, 1.807) is 20.8 Å². The van der Waals surface area contributed by atoms with E-state index in [9.17, 15) is 85.0 Å². The van der Waals surface area contributed by atoms with Gasteiger partial charge in [-0.15, -0.1) is 0 Å². The summed E-state index contributed by atoms with van der Waals surface area (Å²) in [5.41, 5.74) is -11.9. The number of aliphatic hydroxyl groups is 4. The Balaban J connectivity index is -0.000000457. The van der Waals surface area contributed by atoms with Crippen molar-refractivity contribution in [3.8, 4) is 0 Å². The molecule has 0 spiro atoms. The lowest BCUT2D eigenvalue weighted by molar-refractivity contribution is -0.257. The van der Waals surface area contributed by atoms with Crippen LogP contribution in [-0.2, 0) is 57.1 Å². The summed E-state index contributed by atoms with van der Waals surface area (Å²) in [6, 6.07) is 0. The predicted octanol–water partition coefficient (Wildman–Crippen LogP) is 8.23. The maximum atomic E-state index is 12.3. The summed E-state index contributed by atoms with van der Waals surface area (Å²) in [5.74, 6) is -3.36. The molecule has 0 saturated carbocycles. The van der Waals surface area contributed by atoms with Crippen molar-refractivity contribution in [3.05, 3.63) is 48.6 Å². The molecule has 0 amide bonds. The summed E-state index contributed by atoms with van der Waals surface area (Å²) in [6.07, 6.45) is -29.1. The first-order chi connectivity index (χ1) is 33.9. The average Bonchev–Trinajstić information content (AvgIpc) is 3.24. The zero-order valence-corrected chi connectivity index (χ0v) is 43.0. The zero-order valence-electron chi connectivity index (χ0n) is 43.0. The smallest absolute Gasteiger partial charge is 0.425 e. The molecule has 0 heterocycles. The first kappa shape index (κ1) is 78.0. The second-order valence-corrected chi connectivity index (χ2v) is 17.0. The van der Waals surface area contributed by atoms with E-state index in [4.69, 9.17) is 39.4 Å². The Morgan fingerprint density at radius 1 is 0.434 bits per heavy atom. The van der Waals surface area contributed by atoms with Gasteiger partial charge in [-0.2, -0.15) is 65.9 Å². The number of hydrogen-bond acceptors (Lipinski definition) is 16. The van der Waals surface area contributed by atoms with Crippen molar-refractivity contribution < 1.29 is 143 Å². The van der Waals surface area contributed by atoms with Gasteiger partial charge in [0.25, 0.3) is 0 Å². The lowest BCUT2D eigenvalue weighted by atomic mass is 10.0. The third-order valence-electron chi connectivity index (χ3n) is 9.18. The van der Waals surface area contributed by atoms with Crippen LogP contribution >= 0.6 is 0 Å². The van der Waals surface area contributed by atoms with Crippen LogP contribution in [0.15, 0.2) is 48.6 Å². The van der Waals surface area contributed by atoms with Gasteiger partial charge in [-0.05, 0) is 55.4 Å². The quantitative estimate of drug-likeness (QED) is 0.0200. The number of esters is 4. The Morgan fingerprint density at radius 2 is 0.671 bits per heavy atom. The second kappa shape index (κ2) is 33.7. The molecule has 0 aliphatic heterocycles. The molecule has 0 aromatic rings. The van der Waals surface area contributed by atoms with Gasteiger partial charge >= 0.3 is 54.8 Å². The minimum Gasteiger partial charge on any atom is -0.466 e. The summed E-state index contributed by atoms with van der Waals surface area (Å²) < 4.78 is 221. The summed E-state index contributed by atoms with van der Waals surface area (Å²) in [7, 11) is 1.15. The van der Waals surface area contributed by atoms with Crippen LogP contribution in [0, 0.1) is 0 Å². The van der Waals surface area contributed by atoms with Gasteiger partial charge in [0.1, 0.15) is 0 Å². The van der Waals surface area contributed by atoms with Crippen LogP contribution < -0.4 is 0 Å². The average molecular weight is 1150 g/mol. The Hall–Kier alpha value is -4.53. The summed E-state index contributed by atoms with van der Waals surface area (Å²) in [5, 5.41) is 36.4. The SMILES string of the molecule is C=C(COCCC(C)(O)C(F)(F)F)C(=O)OC.C=C(COCCC(C)(O)C(F)(F)F)C(=O)OC(C)C.C=C(COCCC(C)(O)C(F)(F)F)C(=O)OC(C)C(F)(F)F.C=C(COCCC(C)(O)C(F)(F)F)C(=O)OCC. The van der Waals surface area contributed by atoms with Crippen LogP contribution in [-0.4, -0.2) is 176 Å². The lowest BCUT2D eigenvalue weighted by Crippen LogP contribution is -2.43. The van der Waals surface area contributed by atoms with E-state index in [0.29, 0.717) is 34.6 Å². The molecule has 0 saturated heterocycles. The normalized spacial score (nSPS) is 15.6. The maximum absolute atomic E-state index is 12.3. The Kier molecular flexibility index (Phi) is 34.6. The molecule has 0 aromatic carbocycles. The molecular formula is C45H67F15O16. The first-order valence-corrected chi connectivity index (χ1v) is 21.8. The van der Waals surface area contributed by atoms with Crippen molar-refractivity contribution in [1.29, 1.82) is 0 Å². The number of methoxy groups -OCH3 is 1. The van der Waals surface area contributed by atoms with Crippen LogP contribution in [0.1, 0.15) is 81.1 Å². The minimum atomic E-state index is -4.85. The molecule has 5 atom stereocenters. The number of ether oxygens (including phenoxy) is 8. The number of carbonyl (C=O) groups is 4. The molecule has 0 bridgehead atoms. The van der Waals surface area contributed by atoms with E-state index in [0.717, 1.165) is 7.11 Å². The largest absolute Gasteiger partial charge is 0.466 e. The highest BCUT2D eigenvalue weighted by Crippen LogP contribution is 2.35. The Morgan fingerprint density at radius 3 is 0.882 bits per heavy atom. The van der Waals surface area contributed by atoms with Crippen molar-refractivity contribution in [2.45, 2.75) is 147 Å². The number of carbonyl (C=O) groups excluding carboxylic acids is 4. The monoisotopic (exact) mass is 1150 g/mol. The third kappa shape index (κ3) is 33.6. The topological polar surface area (TPSA) is 223 Å². The summed E-state index contributed by atoms with van der Waals surface area (Å²) >= 11 is 0. The fourth-order valence-electron chi connectivity index (χ4n) is 3.65. The second-order valence-electron chi connectivity index (χ2n) is 17.0.